The van der Waals surface area contributed by atoms with Gasteiger partial charge in [0.05, 0.1) is 10.7 Å². The van der Waals surface area contributed by atoms with Crippen LogP contribution in [0.15, 0.2) is 54.6 Å². The first-order valence-corrected chi connectivity index (χ1v) is 11.5. The highest BCUT2D eigenvalue weighted by Crippen LogP contribution is 2.74. The van der Waals surface area contributed by atoms with Gasteiger partial charge in [-0.2, -0.15) is 0 Å². The summed E-state index contributed by atoms with van der Waals surface area (Å²) >= 11 is 31.6. The van der Waals surface area contributed by atoms with Crippen LogP contribution >= 0.6 is 58.0 Å². The summed E-state index contributed by atoms with van der Waals surface area (Å²) in [6, 6.07) is 11.8. The summed E-state index contributed by atoms with van der Waals surface area (Å²) in [6.45, 7) is 0. The van der Waals surface area contributed by atoms with E-state index in [4.69, 9.17) is 63.7 Å². The third-order valence-corrected chi connectivity index (χ3v) is 7.50. The van der Waals surface area contributed by atoms with Crippen LogP contribution in [0.3, 0.4) is 0 Å². The molecular weight excluding hydrogens is 552 g/mol. The van der Waals surface area contributed by atoms with Crippen LogP contribution in [0.1, 0.15) is 27.4 Å². The van der Waals surface area contributed by atoms with Gasteiger partial charge in [0.15, 0.2) is 0 Å². The van der Waals surface area contributed by atoms with Crippen molar-refractivity contribution in [1.82, 2.24) is 0 Å². The average molecular weight is 565 g/mol. The fourth-order valence-corrected chi connectivity index (χ4v) is 5.98. The van der Waals surface area contributed by atoms with Crippen LogP contribution < -0.4 is 11.1 Å². The fraction of sp³-hybridized carbons (Fsp3) is 0.130. The van der Waals surface area contributed by atoms with E-state index in [9.17, 15) is 18.4 Å². The minimum Gasteiger partial charge on any atom is -0.369 e. The lowest BCUT2D eigenvalue weighted by Crippen LogP contribution is -2.34. The van der Waals surface area contributed by atoms with Gasteiger partial charge in [0.2, 0.25) is 5.91 Å². The van der Waals surface area contributed by atoms with Crippen molar-refractivity contribution in [1.29, 1.82) is 0 Å². The predicted molar refractivity (Wildman–Crippen MR) is 130 cm³/mol. The molecule has 11 heteroatoms. The molecular formula is C23H13Cl5F2N2O2. The van der Waals surface area contributed by atoms with Crippen molar-refractivity contribution in [3.8, 4) is 0 Å². The highest BCUT2D eigenvalue weighted by Gasteiger charge is 2.80. The van der Waals surface area contributed by atoms with Gasteiger partial charge in [-0.25, -0.2) is 8.78 Å². The van der Waals surface area contributed by atoms with E-state index in [0.29, 0.717) is 15.6 Å². The van der Waals surface area contributed by atoms with Crippen molar-refractivity contribution in [2.45, 2.75) is 15.7 Å². The van der Waals surface area contributed by atoms with Gasteiger partial charge in [-0.15, -0.1) is 0 Å². The monoisotopic (exact) mass is 562 g/mol. The highest BCUT2D eigenvalue weighted by molar-refractivity contribution is 6.55. The number of anilines is 1. The number of hydrogen-bond acceptors (Lipinski definition) is 2. The lowest BCUT2D eigenvalue weighted by molar-refractivity contribution is -0.120. The molecule has 176 valence electrons. The molecule has 4 rings (SSSR count). The number of hydrogen-bond donors (Lipinski definition) is 2. The molecule has 3 N–H and O–H groups in total. The molecule has 0 radical (unpaired) electrons. The Labute approximate surface area is 217 Å². The second-order valence-electron chi connectivity index (χ2n) is 7.68. The van der Waals surface area contributed by atoms with Crippen LogP contribution in [-0.2, 0) is 10.2 Å². The molecule has 0 aromatic heterocycles. The Balaban J connectivity index is 1.78. The standard InChI is InChI=1S/C23H13Cl5F2N2O2/c24-12-6-10(7-13(25)9-12)19-22(21(31)34,23(19,27)28)11-4-5-14(26)17(8-11)32-20(33)18-15(29)2-1-3-16(18)30/h1-9,19H,(H2,31,34)(H,32,33). The molecule has 2 amide bonds. The zero-order valence-electron chi connectivity index (χ0n) is 16.8. The van der Waals surface area contributed by atoms with Crippen LogP contribution in [0.25, 0.3) is 0 Å². The Morgan fingerprint density at radius 3 is 2.06 bits per heavy atom. The largest absolute Gasteiger partial charge is 0.369 e. The number of amides is 2. The number of carbonyl (C=O) groups excluding carboxylic acids is 2. The van der Waals surface area contributed by atoms with E-state index in [-0.39, 0.29) is 16.3 Å². The Hall–Kier alpha value is -2.09. The van der Waals surface area contributed by atoms with Gasteiger partial charge in [-0.05, 0) is 53.6 Å². The molecule has 0 bridgehead atoms. The molecule has 1 fully saturated rings. The van der Waals surface area contributed by atoms with E-state index >= 15 is 0 Å². The van der Waals surface area contributed by atoms with Gasteiger partial charge in [0, 0.05) is 16.0 Å². The first kappa shape index (κ1) is 25.0. The summed E-state index contributed by atoms with van der Waals surface area (Å²) in [7, 11) is 0. The van der Waals surface area contributed by atoms with E-state index < -0.39 is 44.7 Å². The number of primary amides is 1. The van der Waals surface area contributed by atoms with E-state index in [1.54, 1.807) is 12.1 Å². The van der Waals surface area contributed by atoms with Crippen molar-refractivity contribution >= 4 is 75.5 Å². The van der Waals surface area contributed by atoms with E-state index in [1.165, 1.54) is 24.3 Å². The van der Waals surface area contributed by atoms with E-state index in [1.807, 2.05) is 0 Å². The third kappa shape index (κ3) is 3.91. The second kappa shape index (κ2) is 8.85. The second-order valence-corrected chi connectivity index (χ2v) is 10.3. The zero-order valence-corrected chi connectivity index (χ0v) is 20.6. The molecule has 4 nitrogen and oxygen atoms in total. The normalized spacial score (nSPS) is 20.6. The molecule has 34 heavy (non-hydrogen) atoms. The molecule has 2 atom stereocenters. The van der Waals surface area contributed by atoms with Gasteiger partial charge >= 0.3 is 0 Å². The summed E-state index contributed by atoms with van der Waals surface area (Å²) in [6.07, 6.45) is 0. The number of nitrogens with one attached hydrogen (secondary N) is 1. The molecule has 3 aromatic carbocycles. The number of benzene rings is 3. The molecule has 1 aliphatic rings. The number of rotatable bonds is 5. The number of halogens is 7. The van der Waals surface area contributed by atoms with Gasteiger partial charge in [0.1, 0.15) is 26.9 Å². The Bertz CT molecular complexity index is 1310. The zero-order chi connectivity index (χ0) is 25.0. The average Bonchev–Trinajstić information content (AvgIpc) is 3.26. The summed E-state index contributed by atoms with van der Waals surface area (Å²) in [5, 5.41) is 2.99. The molecule has 0 aliphatic heterocycles. The van der Waals surface area contributed by atoms with Crippen molar-refractivity contribution in [3.63, 3.8) is 0 Å². The minimum atomic E-state index is -1.69. The molecule has 0 saturated heterocycles. The molecule has 1 aliphatic carbocycles. The molecule has 0 spiro atoms. The first-order chi connectivity index (χ1) is 15.9. The lowest BCUT2D eigenvalue weighted by Gasteiger charge is -2.18. The lowest BCUT2D eigenvalue weighted by atomic mass is 9.89. The number of alkyl halides is 2. The maximum Gasteiger partial charge on any atom is 0.261 e. The maximum absolute atomic E-state index is 14.0. The predicted octanol–water partition coefficient (Wildman–Crippen LogP) is 6.87. The summed E-state index contributed by atoms with van der Waals surface area (Å²) in [5.74, 6) is -4.89. The quantitative estimate of drug-likeness (QED) is 0.332. The summed E-state index contributed by atoms with van der Waals surface area (Å²) in [5.41, 5.74) is 3.99. The van der Waals surface area contributed by atoms with E-state index in [0.717, 1.165) is 18.2 Å². The van der Waals surface area contributed by atoms with Crippen molar-refractivity contribution in [2.75, 3.05) is 5.32 Å². The van der Waals surface area contributed by atoms with Gasteiger partial charge in [-0.1, -0.05) is 70.1 Å². The Morgan fingerprint density at radius 2 is 1.50 bits per heavy atom. The highest BCUT2D eigenvalue weighted by atomic mass is 35.5. The molecule has 3 aromatic rings. The van der Waals surface area contributed by atoms with Gasteiger partial charge in [-0.3, -0.25) is 9.59 Å². The van der Waals surface area contributed by atoms with Crippen LogP contribution in [0, 0.1) is 11.6 Å². The van der Waals surface area contributed by atoms with Gasteiger partial charge in [0.25, 0.3) is 5.91 Å². The fourth-order valence-electron chi connectivity index (χ4n) is 4.18. The topological polar surface area (TPSA) is 72.2 Å². The van der Waals surface area contributed by atoms with Crippen LogP contribution in [0.5, 0.6) is 0 Å². The molecule has 2 unspecified atom stereocenters. The summed E-state index contributed by atoms with van der Waals surface area (Å²) < 4.78 is 26.4. The van der Waals surface area contributed by atoms with Crippen LogP contribution in [0.4, 0.5) is 14.5 Å². The smallest absolute Gasteiger partial charge is 0.261 e. The Morgan fingerprint density at radius 1 is 0.912 bits per heavy atom. The maximum atomic E-state index is 14.0. The SMILES string of the molecule is NC(=O)C1(c2ccc(Cl)c(NC(=O)c3c(F)cccc3F)c2)C(c2cc(Cl)cc(Cl)c2)C1(Cl)Cl. The number of nitrogens with two attached hydrogens (primary N) is 1. The Kier molecular flexibility index (Phi) is 6.51. The molecule has 0 heterocycles. The van der Waals surface area contributed by atoms with Gasteiger partial charge < -0.3 is 11.1 Å². The van der Waals surface area contributed by atoms with Crippen molar-refractivity contribution < 1.29 is 18.4 Å². The third-order valence-electron chi connectivity index (χ3n) is 5.70. The summed E-state index contributed by atoms with van der Waals surface area (Å²) in [4.78, 5) is 25.3. The van der Waals surface area contributed by atoms with Crippen molar-refractivity contribution in [2.24, 2.45) is 5.73 Å². The molecule has 1 saturated carbocycles. The van der Waals surface area contributed by atoms with Crippen LogP contribution in [0.2, 0.25) is 15.1 Å². The first-order valence-electron chi connectivity index (χ1n) is 9.60. The number of carbonyl (C=O) groups is 2. The van der Waals surface area contributed by atoms with E-state index in [2.05, 4.69) is 5.32 Å². The minimum absolute atomic E-state index is 0.0335. The van der Waals surface area contributed by atoms with Crippen LogP contribution in [-0.4, -0.2) is 16.1 Å². The van der Waals surface area contributed by atoms with Crippen molar-refractivity contribution in [3.05, 3.63) is 98.0 Å².